The number of hydrogen-bond acceptors (Lipinski definition) is 13. The Hall–Kier alpha value is -3.70. The Kier molecular flexibility index (Phi) is 16.3. The Balaban J connectivity index is 0.00000214. The minimum Gasteiger partial charge on any atom is -0.619 e. The van der Waals surface area contributed by atoms with Crippen LogP contribution in [0.2, 0.25) is 10.0 Å². The number of esters is 1. The summed E-state index contributed by atoms with van der Waals surface area (Å²) in [6, 6.07) is 9.44. The number of rotatable bonds is 17. The zero-order valence-electron chi connectivity index (χ0n) is 31.5. The Morgan fingerprint density at radius 1 is 1.07 bits per heavy atom. The van der Waals surface area contributed by atoms with E-state index in [0.29, 0.717) is 37.6 Å². The maximum atomic E-state index is 14.0. The lowest BCUT2D eigenvalue weighted by atomic mass is 10.0. The Morgan fingerprint density at radius 2 is 1.71 bits per heavy atom. The van der Waals surface area contributed by atoms with E-state index in [2.05, 4.69) is 9.64 Å². The van der Waals surface area contributed by atoms with Crippen LogP contribution in [-0.4, -0.2) is 120 Å². The first kappa shape index (κ1) is 46.4. The molecule has 6 rings (SSSR count). The van der Waals surface area contributed by atoms with Gasteiger partial charge in [-0.25, -0.2) is 21.6 Å². The molecule has 59 heavy (non-hydrogen) atoms. The molecule has 0 radical (unpaired) electrons. The summed E-state index contributed by atoms with van der Waals surface area (Å²) in [5.41, 5.74) is 0.789. The molecule has 3 aliphatic rings. The molecule has 1 aliphatic carbocycles. The molecular formula is C36H42Cl2F2N4O12S3. The number of ether oxygens (including phenoxy) is 4. The lowest BCUT2D eigenvalue weighted by Crippen LogP contribution is -2.43. The fraction of sp³-hybridized carbons (Fsp3) is 0.472. The minimum atomic E-state index is -4.32. The van der Waals surface area contributed by atoms with E-state index in [1.54, 1.807) is 0 Å². The van der Waals surface area contributed by atoms with Crippen LogP contribution in [0.3, 0.4) is 0 Å². The van der Waals surface area contributed by atoms with Crippen LogP contribution in [0.4, 0.5) is 14.5 Å². The average Bonchev–Trinajstić information content (AvgIpc) is 3.87. The van der Waals surface area contributed by atoms with Crippen molar-refractivity contribution in [3.05, 3.63) is 81.2 Å². The van der Waals surface area contributed by atoms with Crippen molar-refractivity contribution in [2.24, 2.45) is 5.92 Å². The fourth-order valence-corrected chi connectivity index (χ4v) is 10.8. The lowest BCUT2D eigenvalue weighted by Gasteiger charge is -2.30. The molecular weight excluding hydrogens is 886 g/mol. The SMILES string of the molecule is CS(=O)(=O)N(CCN1CCOCC1)c1ccc(S(=O)(=O)N2CCSC2C(=O)OC(Cc2c(Cl)c[n+]([O-])cc2Cl)c2ccc(OC(F)F)c(OCC3CC3)c2)cc1.O=CO. The van der Waals surface area contributed by atoms with Gasteiger partial charge in [0.25, 0.3) is 6.47 Å². The summed E-state index contributed by atoms with van der Waals surface area (Å²) in [4.78, 5) is 24.3. The van der Waals surface area contributed by atoms with Gasteiger partial charge in [0, 0.05) is 50.5 Å². The molecule has 16 nitrogen and oxygen atoms in total. The number of sulfonamides is 2. The van der Waals surface area contributed by atoms with Gasteiger partial charge in [0.1, 0.15) is 16.1 Å². The summed E-state index contributed by atoms with van der Waals surface area (Å²) in [6.07, 6.45) is 3.66. The molecule has 2 unspecified atom stereocenters. The molecule has 1 aromatic heterocycles. The number of benzene rings is 2. The predicted octanol–water partition coefficient (Wildman–Crippen LogP) is 4.41. The van der Waals surface area contributed by atoms with Crippen LogP contribution >= 0.6 is 35.0 Å². The van der Waals surface area contributed by atoms with Crippen molar-refractivity contribution >= 4 is 73.1 Å². The highest BCUT2D eigenvalue weighted by atomic mass is 35.5. The van der Waals surface area contributed by atoms with Crippen LogP contribution in [-0.2, 0) is 45.5 Å². The van der Waals surface area contributed by atoms with Gasteiger partial charge in [-0.3, -0.25) is 14.0 Å². The number of hydrogen-bond donors (Lipinski definition) is 1. The second kappa shape index (κ2) is 20.7. The van der Waals surface area contributed by atoms with Crippen molar-refractivity contribution in [3.8, 4) is 11.5 Å². The number of alkyl halides is 2. The molecule has 0 amide bonds. The quantitative estimate of drug-likeness (QED) is 0.0866. The fourth-order valence-electron chi connectivity index (χ4n) is 6.21. The number of halogens is 4. The molecule has 1 N–H and O–H groups in total. The maximum Gasteiger partial charge on any atom is 0.387 e. The zero-order valence-corrected chi connectivity index (χ0v) is 35.5. The van der Waals surface area contributed by atoms with Crippen LogP contribution in [0, 0.1) is 11.1 Å². The van der Waals surface area contributed by atoms with E-state index in [1.807, 2.05) is 0 Å². The number of carbonyl (C=O) groups is 2. The molecule has 0 bridgehead atoms. The van der Waals surface area contributed by atoms with Crippen LogP contribution in [0.15, 0.2) is 59.8 Å². The van der Waals surface area contributed by atoms with Gasteiger partial charge in [0.05, 0.1) is 36.7 Å². The molecule has 324 valence electrons. The van der Waals surface area contributed by atoms with Gasteiger partial charge in [-0.15, -0.1) is 11.8 Å². The van der Waals surface area contributed by atoms with E-state index in [0.717, 1.165) is 47.6 Å². The normalized spacial score (nSPS) is 18.1. The molecule has 0 spiro atoms. The molecule has 3 aromatic rings. The van der Waals surface area contributed by atoms with Crippen molar-refractivity contribution in [2.75, 3.05) is 68.9 Å². The number of nitrogens with zero attached hydrogens (tertiary/aromatic N) is 4. The van der Waals surface area contributed by atoms with Crippen molar-refractivity contribution in [1.82, 2.24) is 9.21 Å². The van der Waals surface area contributed by atoms with E-state index in [-0.39, 0.29) is 87.5 Å². The van der Waals surface area contributed by atoms with Gasteiger partial charge >= 0.3 is 12.6 Å². The Labute approximate surface area is 354 Å². The van der Waals surface area contributed by atoms with E-state index in [9.17, 15) is 35.6 Å². The van der Waals surface area contributed by atoms with Crippen molar-refractivity contribution in [1.29, 1.82) is 0 Å². The van der Waals surface area contributed by atoms with Crippen molar-refractivity contribution in [3.63, 3.8) is 0 Å². The Bertz CT molecular complexity index is 2130. The molecule has 2 atom stereocenters. The molecule has 3 fully saturated rings. The number of carboxylic acid groups (broad SMARTS) is 1. The van der Waals surface area contributed by atoms with Gasteiger partial charge in [0.15, 0.2) is 29.3 Å². The first-order valence-corrected chi connectivity index (χ1v) is 23.2. The van der Waals surface area contributed by atoms with Crippen molar-refractivity contribution < 1.29 is 64.0 Å². The third kappa shape index (κ3) is 12.7. The molecule has 2 saturated heterocycles. The third-order valence-electron chi connectivity index (χ3n) is 9.34. The number of anilines is 1. The maximum absolute atomic E-state index is 14.0. The number of pyridine rings is 1. The second-order valence-electron chi connectivity index (χ2n) is 13.5. The summed E-state index contributed by atoms with van der Waals surface area (Å²) in [7, 11) is -8.03. The monoisotopic (exact) mass is 926 g/mol. The van der Waals surface area contributed by atoms with E-state index in [1.165, 1.54) is 46.8 Å². The number of thioether (sulfide) groups is 1. The van der Waals surface area contributed by atoms with Gasteiger partial charge in [-0.05, 0) is 60.7 Å². The van der Waals surface area contributed by atoms with Crippen LogP contribution < -0.4 is 18.5 Å². The summed E-state index contributed by atoms with van der Waals surface area (Å²) < 4.78 is 105. The number of morpholine rings is 1. The summed E-state index contributed by atoms with van der Waals surface area (Å²) in [6.45, 7) is -0.132. The molecule has 2 aromatic carbocycles. The van der Waals surface area contributed by atoms with Gasteiger partial charge < -0.3 is 29.3 Å². The first-order chi connectivity index (χ1) is 28.0. The largest absolute Gasteiger partial charge is 0.619 e. The van der Waals surface area contributed by atoms with Gasteiger partial charge in [-0.1, -0.05) is 29.3 Å². The van der Waals surface area contributed by atoms with Crippen LogP contribution in [0.1, 0.15) is 30.1 Å². The van der Waals surface area contributed by atoms with Gasteiger partial charge in [0.2, 0.25) is 20.0 Å². The summed E-state index contributed by atoms with van der Waals surface area (Å²) >= 11 is 13.8. The van der Waals surface area contributed by atoms with E-state index < -0.39 is 44.1 Å². The van der Waals surface area contributed by atoms with Crippen molar-refractivity contribution in [2.45, 2.75) is 42.2 Å². The highest BCUT2D eigenvalue weighted by molar-refractivity contribution is 8.02. The molecule has 3 heterocycles. The number of aromatic nitrogens is 1. The summed E-state index contributed by atoms with van der Waals surface area (Å²) in [5.74, 6) is -0.667. The minimum absolute atomic E-state index is 0.0168. The standard InChI is InChI=1S/C35H40Cl2F2N4O10S3.CH2O2/c1-55(46,47)42(11-10-40-12-15-50-16-13-40)25-5-7-26(8-6-25)56(48,49)43-14-17-54-33(43)34(44)52-31(19-27-28(36)20-41(45)21-29(27)37)24-4-9-30(53-35(38)39)32(18-24)51-22-23-2-3-23;2-1-3/h4-9,18,20-21,23,31,33,35H,2-3,10-17,19,22H2,1H3;1H,(H,2,3). The predicted molar refractivity (Wildman–Crippen MR) is 214 cm³/mol. The van der Waals surface area contributed by atoms with Gasteiger partial charge in [-0.2, -0.15) is 17.8 Å². The van der Waals surface area contributed by atoms with E-state index >= 15 is 0 Å². The molecule has 23 heteroatoms. The average molecular weight is 928 g/mol. The first-order valence-electron chi connectivity index (χ1n) is 18.1. The summed E-state index contributed by atoms with van der Waals surface area (Å²) in [5, 5.41) is 17.5. The van der Waals surface area contributed by atoms with E-state index in [4.69, 9.17) is 47.3 Å². The molecule has 2 aliphatic heterocycles. The smallest absolute Gasteiger partial charge is 0.387 e. The molecule has 1 saturated carbocycles. The van der Waals surface area contributed by atoms with Crippen LogP contribution in [0.5, 0.6) is 11.5 Å². The Morgan fingerprint density at radius 3 is 2.31 bits per heavy atom. The number of carbonyl (C=O) groups excluding carboxylic acids is 1. The lowest BCUT2D eigenvalue weighted by molar-refractivity contribution is -0.605. The zero-order chi connectivity index (χ0) is 42.9. The highest BCUT2D eigenvalue weighted by Gasteiger charge is 2.42. The second-order valence-corrected chi connectivity index (χ2v) is 19.3. The van der Waals surface area contributed by atoms with Crippen LogP contribution in [0.25, 0.3) is 0 Å². The highest BCUT2D eigenvalue weighted by Crippen LogP contribution is 2.39. The third-order valence-corrected chi connectivity index (χ3v) is 14.4. The topological polar surface area (TPSA) is 196 Å².